The number of carboxylic acid groups (broad SMARTS) is 1. The fraction of sp³-hybridized carbons (Fsp3) is 0.833. The second-order valence-corrected chi connectivity index (χ2v) is 5.39. The van der Waals surface area contributed by atoms with Crippen molar-refractivity contribution in [1.29, 1.82) is 0 Å². The number of carbonyl (C=O) groups excluding carboxylic acids is 1. The smallest absolute Gasteiger partial charge is 0.326 e. The third-order valence-electron chi connectivity index (χ3n) is 3.91. The van der Waals surface area contributed by atoms with Gasteiger partial charge in [0, 0.05) is 12.1 Å². The zero-order chi connectivity index (χ0) is 12.5. The van der Waals surface area contributed by atoms with E-state index in [0.29, 0.717) is 13.0 Å². The molecule has 0 aromatic heterocycles. The lowest BCUT2D eigenvalue weighted by Gasteiger charge is -2.30. The largest absolute Gasteiger partial charge is 0.480 e. The number of aliphatic carboxylic acids is 1. The van der Waals surface area contributed by atoms with E-state index in [2.05, 4.69) is 5.32 Å². The maximum absolute atomic E-state index is 12.1. The Morgan fingerprint density at radius 2 is 1.94 bits per heavy atom. The Balaban J connectivity index is 1.97. The van der Waals surface area contributed by atoms with Crippen LogP contribution in [-0.2, 0) is 4.79 Å². The highest BCUT2D eigenvalue weighted by Crippen LogP contribution is 2.29. The fourth-order valence-corrected chi connectivity index (χ4v) is 2.88. The van der Waals surface area contributed by atoms with Crippen molar-refractivity contribution in [2.45, 2.75) is 57.0 Å². The van der Waals surface area contributed by atoms with Gasteiger partial charge < -0.3 is 15.3 Å². The van der Waals surface area contributed by atoms with Gasteiger partial charge in [-0.1, -0.05) is 12.8 Å². The SMILES string of the molecule is CC1(NC(=O)N2CCCC2C(=O)O)CCCC1. The van der Waals surface area contributed by atoms with E-state index in [4.69, 9.17) is 5.11 Å². The molecule has 0 spiro atoms. The third kappa shape index (κ3) is 2.53. The molecule has 1 aliphatic heterocycles. The molecule has 1 saturated carbocycles. The Bertz CT molecular complexity index is 324. The van der Waals surface area contributed by atoms with Gasteiger partial charge in [-0.15, -0.1) is 0 Å². The van der Waals surface area contributed by atoms with Gasteiger partial charge in [-0.05, 0) is 32.6 Å². The van der Waals surface area contributed by atoms with Crippen molar-refractivity contribution >= 4 is 12.0 Å². The van der Waals surface area contributed by atoms with Crippen LogP contribution in [0.4, 0.5) is 4.79 Å². The molecule has 1 aliphatic carbocycles. The van der Waals surface area contributed by atoms with Crippen LogP contribution in [0.25, 0.3) is 0 Å². The van der Waals surface area contributed by atoms with Crippen LogP contribution in [0.5, 0.6) is 0 Å². The van der Waals surface area contributed by atoms with Crippen LogP contribution in [-0.4, -0.2) is 40.1 Å². The molecular formula is C12H20N2O3. The topological polar surface area (TPSA) is 69.6 Å². The van der Waals surface area contributed by atoms with Crippen molar-refractivity contribution in [2.75, 3.05) is 6.54 Å². The summed E-state index contributed by atoms with van der Waals surface area (Å²) in [5.74, 6) is -0.894. The number of carboxylic acids is 1. The van der Waals surface area contributed by atoms with E-state index in [1.54, 1.807) is 0 Å². The molecule has 2 fully saturated rings. The molecule has 17 heavy (non-hydrogen) atoms. The number of amides is 2. The van der Waals surface area contributed by atoms with Crippen molar-refractivity contribution in [2.24, 2.45) is 0 Å². The van der Waals surface area contributed by atoms with Gasteiger partial charge in [-0.2, -0.15) is 0 Å². The predicted octanol–water partition coefficient (Wildman–Crippen LogP) is 1.58. The Kier molecular flexibility index (Phi) is 3.26. The Labute approximate surface area is 101 Å². The lowest BCUT2D eigenvalue weighted by Crippen LogP contribution is -2.53. The van der Waals surface area contributed by atoms with Crippen LogP contribution in [0.2, 0.25) is 0 Å². The van der Waals surface area contributed by atoms with Crippen molar-refractivity contribution in [3.05, 3.63) is 0 Å². The number of hydrogen-bond donors (Lipinski definition) is 2. The number of hydrogen-bond acceptors (Lipinski definition) is 2. The molecule has 5 nitrogen and oxygen atoms in total. The van der Waals surface area contributed by atoms with Gasteiger partial charge in [0.15, 0.2) is 0 Å². The van der Waals surface area contributed by atoms with Crippen molar-refractivity contribution in [3.63, 3.8) is 0 Å². The second kappa shape index (κ2) is 4.55. The first-order valence-electron chi connectivity index (χ1n) is 6.33. The zero-order valence-corrected chi connectivity index (χ0v) is 10.2. The summed E-state index contributed by atoms with van der Waals surface area (Å²) in [6.45, 7) is 2.60. The molecule has 2 aliphatic rings. The van der Waals surface area contributed by atoms with E-state index in [1.807, 2.05) is 6.92 Å². The quantitative estimate of drug-likeness (QED) is 0.770. The number of nitrogens with one attached hydrogen (secondary N) is 1. The second-order valence-electron chi connectivity index (χ2n) is 5.39. The minimum Gasteiger partial charge on any atom is -0.480 e. The molecule has 0 aromatic carbocycles. The van der Waals surface area contributed by atoms with Gasteiger partial charge in [0.25, 0.3) is 0 Å². The summed E-state index contributed by atoms with van der Waals surface area (Å²) in [5.41, 5.74) is -0.136. The molecule has 1 unspecified atom stereocenters. The van der Waals surface area contributed by atoms with Crippen molar-refractivity contribution < 1.29 is 14.7 Å². The van der Waals surface area contributed by atoms with Crippen LogP contribution in [0.15, 0.2) is 0 Å². The van der Waals surface area contributed by atoms with E-state index in [-0.39, 0.29) is 11.6 Å². The standard InChI is InChI=1S/C12H20N2O3/c1-12(6-2-3-7-12)13-11(17)14-8-4-5-9(14)10(15)16/h9H,2-8H2,1H3,(H,13,17)(H,15,16). The summed E-state index contributed by atoms with van der Waals surface area (Å²) in [7, 11) is 0. The third-order valence-corrected chi connectivity index (χ3v) is 3.91. The van der Waals surface area contributed by atoms with Crippen LogP contribution < -0.4 is 5.32 Å². The molecule has 0 bridgehead atoms. The highest BCUT2D eigenvalue weighted by atomic mass is 16.4. The molecule has 96 valence electrons. The first-order chi connectivity index (χ1) is 8.02. The molecule has 2 N–H and O–H groups in total. The molecule has 5 heteroatoms. The number of rotatable bonds is 2. The molecule has 0 aromatic rings. The summed E-state index contributed by atoms with van der Waals surface area (Å²) in [5, 5.41) is 12.0. The first kappa shape index (κ1) is 12.2. The van der Waals surface area contributed by atoms with Gasteiger partial charge in [0.1, 0.15) is 6.04 Å². The fourth-order valence-electron chi connectivity index (χ4n) is 2.88. The van der Waals surface area contributed by atoms with Gasteiger partial charge in [0.2, 0.25) is 0 Å². The minimum absolute atomic E-state index is 0.136. The molecule has 1 heterocycles. The van der Waals surface area contributed by atoms with E-state index >= 15 is 0 Å². The number of urea groups is 1. The molecule has 2 rings (SSSR count). The van der Waals surface area contributed by atoms with Gasteiger partial charge >= 0.3 is 12.0 Å². The Morgan fingerprint density at radius 1 is 1.29 bits per heavy atom. The average Bonchev–Trinajstić information content (AvgIpc) is 2.85. The molecule has 2 amide bonds. The predicted molar refractivity (Wildman–Crippen MR) is 62.8 cm³/mol. The van der Waals surface area contributed by atoms with Crippen molar-refractivity contribution in [1.82, 2.24) is 10.2 Å². The normalized spacial score (nSPS) is 27.1. The summed E-state index contributed by atoms with van der Waals surface area (Å²) < 4.78 is 0. The van der Waals surface area contributed by atoms with Crippen molar-refractivity contribution in [3.8, 4) is 0 Å². The minimum atomic E-state index is -0.894. The average molecular weight is 240 g/mol. The maximum Gasteiger partial charge on any atom is 0.326 e. The van der Waals surface area contributed by atoms with Gasteiger partial charge in [0.05, 0.1) is 0 Å². The van der Waals surface area contributed by atoms with E-state index in [0.717, 1.165) is 32.1 Å². The Hall–Kier alpha value is -1.26. The summed E-state index contributed by atoms with van der Waals surface area (Å²) in [6.07, 6.45) is 5.60. The highest BCUT2D eigenvalue weighted by Gasteiger charge is 2.37. The van der Waals surface area contributed by atoms with E-state index in [9.17, 15) is 9.59 Å². The molecule has 0 radical (unpaired) electrons. The first-order valence-corrected chi connectivity index (χ1v) is 6.33. The van der Waals surface area contributed by atoms with E-state index < -0.39 is 12.0 Å². The molecule has 1 atom stereocenters. The number of nitrogens with zero attached hydrogens (tertiary/aromatic N) is 1. The number of likely N-dealkylation sites (tertiary alicyclic amines) is 1. The molecule has 1 saturated heterocycles. The van der Waals surface area contributed by atoms with Crippen LogP contribution in [0, 0.1) is 0 Å². The van der Waals surface area contributed by atoms with Crippen LogP contribution in [0.3, 0.4) is 0 Å². The Morgan fingerprint density at radius 3 is 2.53 bits per heavy atom. The lowest BCUT2D eigenvalue weighted by atomic mass is 10.0. The van der Waals surface area contributed by atoms with Crippen LogP contribution in [0.1, 0.15) is 45.4 Å². The maximum atomic E-state index is 12.1. The zero-order valence-electron chi connectivity index (χ0n) is 10.2. The molecular weight excluding hydrogens is 220 g/mol. The highest BCUT2D eigenvalue weighted by molar-refractivity contribution is 5.83. The summed E-state index contributed by atoms with van der Waals surface area (Å²) >= 11 is 0. The van der Waals surface area contributed by atoms with E-state index in [1.165, 1.54) is 4.90 Å². The summed E-state index contributed by atoms with van der Waals surface area (Å²) in [4.78, 5) is 24.5. The van der Waals surface area contributed by atoms with Gasteiger partial charge in [-0.25, -0.2) is 9.59 Å². The van der Waals surface area contributed by atoms with Crippen LogP contribution >= 0.6 is 0 Å². The number of carbonyl (C=O) groups is 2. The monoisotopic (exact) mass is 240 g/mol. The van der Waals surface area contributed by atoms with Gasteiger partial charge in [-0.3, -0.25) is 0 Å². The summed E-state index contributed by atoms with van der Waals surface area (Å²) in [6, 6.07) is -0.848. The lowest BCUT2D eigenvalue weighted by molar-refractivity contribution is -0.141.